The lowest BCUT2D eigenvalue weighted by Gasteiger charge is -2.15. The Bertz CT molecular complexity index is 581. The number of ketones is 1. The van der Waals surface area contributed by atoms with Crippen molar-refractivity contribution in [1.82, 2.24) is 4.72 Å². The fourth-order valence-corrected chi connectivity index (χ4v) is 2.80. The molecule has 0 fully saturated rings. The van der Waals surface area contributed by atoms with Crippen LogP contribution in [0.25, 0.3) is 0 Å². The summed E-state index contributed by atoms with van der Waals surface area (Å²) in [6.07, 6.45) is -4.79. The summed E-state index contributed by atoms with van der Waals surface area (Å²) in [7, 11) is -4.41. The van der Waals surface area contributed by atoms with E-state index >= 15 is 0 Å². The highest BCUT2D eigenvalue weighted by Gasteiger charge is 2.37. The number of carbonyl (C=O) groups excluding carboxylic acids is 1. The second kappa shape index (κ2) is 5.30. The van der Waals surface area contributed by atoms with Gasteiger partial charge in [-0.3, -0.25) is 4.79 Å². The number of alkyl halides is 3. The average molecular weight is 295 g/mol. The van der Waals surface area contributed by atoms with Crippen LogP contribution in [0.3, 0.4) is 0 Å². The van der Waals surface area contributed by atoms with Crippen molar-refractivity contribution < 1.29 is 26.4 Å². The average Bonchev–Trinajstić information content (AvgIpc) is 2.27. The Morgan fingerprint density at radius 3 is 2.26 bits per heavy atom. The lowest BCUT2D eigenvalue weighted by Crippen LogP contribution is -2.38. The number of Topliss-reactive ketones (excluding diaryl/α,β-unsaturated/α-hetero) is 1. The highest BCUT2D eigenvalue weighted by atomic mass is 32.2. The molecule has 0 saturated heterocycles. The van der Waals surface area contributed by atoms with E-state index in [2.05, 4.69) is 0 Å². The van der Waals surface area contributed by atoms with Crippen LogP contribution in [-0.2, 0) is 21.0 Å². The van der Waals surface area contributed by atoms with Crippen molar-refractivity contribution >= 4 is 15.8 Å². The Balaban J connectivity index is 3.27. The molecule has 0 aliphatic rings. The highest BCUT2D eigenvalue weighted by molar-refractivity contribution is 7.89. The molecule has 0 spiro atoms. The minimum Gasteiger partial charge on any atom is -0.298 e. The predicted molar refractivity (Wildman–Crippen MR) is 61.9 cm³/mol. The molecule has 4 nitrogen and oxygen atoms in total. The topological polar surface area (TPSA) is 63.2 Å². The molecular formula is C11H12F3NO3S. The van der Waals surface area contributed by atoms with E-state index in [1.165, 1.54) is 13.0 Å². The van der Waals surface area contributed by atoms with Crippen LogP contribution >= 0.6 is 0 Å². The van der Waals surface area contributed by atoms with Crippen molar-refractivity contribution in [3.8, 4) is 0 Å². The van der Waals surface area contributed by atoms with Gasteiger partial charge in [0.25, 0.3) is 0 Å². The minimum atomic E-state index is -4.79. The SMILES string of the molecule is CC(=O)C(C)NS(=O)(=O)c1ccccc1C(F)(F)F. The Labute approximate surface area is 108 Å². The molecule has 0 amide bonds. The van der Waals surface area contributed by atoms with Gasteiger partial charge in [-0.25, -0.2) is 13.1 Å². The molecule has 19 heavy (non-hydrogen) atoms. The maximum Gasteiger partial charge on any atom is 0.417 e. The number of halogens is 3. The standard InChI is InChI=1S/C11H12F3NO3S/c1-7(8(2)16)15-19(17,18)10-6-4-3-5-9(10)11(12,13)14/h3-7,15H,1-2H3. The van der Waals surface area contributed by atoms with Crippen LogP contribution < -0.4 is 4.72 Å². The summed E-state index contributed by atoms with van der Waals surface area (Å²) in [4.78, 5) is 10.1. The van der Waals surface area contributed by atoms with Crippen molar-refractivity contribution in [2.24, 2.45) is 0 Å². The first kappa shape index (κ1) is 15.6. The van der Waals surface area contributed by atoms with Crippen LogP contribution in [-0.4, -0.2) is 20.2 Å². The van der Waals surface area contributed by atoms with E-state index in [9.17, 15) is 26.4 Å². The Morgan fingerprint density at radius 2 is 1.79 bits per heavy atom. The van der Waals surface area contributed by atoms with Crippen LogP contribution in [0, 0.1) is 0 Å². The molecule has 0 aromatic heterocycles. The van der Waals surface area contributed by atoms with Gasteiger partial charge < -0.3 is 0 Å². The fraction of sp³-hybridized carbons (Fsp3) is 0.364. The summed E-state index contributed by atoms with van der Waals surface area (Å²) in [5.41, 5.74) is -1.27. The zero-order valence-electron chi connectivity index (χ0n) is 10.2. The van der Waals surface area contributed by atoms with Gasteiger partial charge in [0.2, 0.25) is 10.0 Å². The van der Waals surface area contributed by atoms with Gasteiger partial charge in [0, 0.05) is 0 Å². The lowest BCUT2D eigenvalue weighted by molar-refractivity contribution is -0.139. The molecule has 1 rings (SSSR count). The van der Waals surface area contributed by atoms with Gasteiger partial charge in [-0.2, -0.15) is 13.2 Å². The van der Waals surface area contributed by atoms with Crippen molar-refractivity contribution in [2.75, 3.05) is 0 Å². The van der Waals surface area contributed by atoms with Gasteiger partial charge in [-0.05, 0) is 26.0 Å². The van der Waals surface area contributed by atoms with E-state index < -0.39 is 38.5 Å². The summed E-state index contributed by atoms with van der Waals surface area (Å²) in [5, 5.41) is 0. The van der Waals surface area contributed by atoms with Gasteiger partial charge in [-0.15, -0.1) is 0 Å². The van der Waals surface area contributed by atoms with E-state index in [0.29, 0.717) is 6.07 Å². The summed E-state index contributed by atoms with van der Waals surface area (Å²) in [5.74, 6) is -0.493. The number of sulfonamides is 1. The summed E-state index contributed by atoms with van der Waals surface area (Å²) >= 11 is 0. The maximum atomic E-state index is 12.7. The van der Waals surface area contributed by atoms with Gasteiger partial charge in [0.15, 0.2) is 0 Å². The molecule has 0 aliphatic carbocycles. The first-order valence-corrected chi connectivity index (χ1v) is 6.73. The largest absolute Gasteiger partial charge is 0.417 e. The minimum absolute atomic E-state index is 0.493. The molecule has 1 aromatic carbocycles. The van der Waals surface area contributed by atoms with Crippen molar-refractivity contribution in [3.05, 3.63) is 29.8 Å². The molecule has 0 aliphatic heterocycles. The second-order valence-electron chi connectivity index (χ2n) is 3.95. The molecule has 1 atom stereocenters. The quantitative estimate of drug-likeness (QED) is 0.923. The smallest absolute Gasteiger partial charge is 0.298 e. The normalized spacial score (nSPS) is 14.2. The molecule has 0 saturated carbocycles. The van der Waals surface area contributed by atoms with E-state index in [0.717, 1.165) is 19.1 Å². The third kappa shape index (κ3) is 3.77. The lowest BCUT2D eigenvalue weighted by atomic mass is 10.2. The van der Waals surface area contributed by atoms with Crippen LogP contribution in [0.1, 0.15) is 19.4 Å². The summed E-state index contributed by atoms with van der Waals surface area (Å²) in [6.45, 7) is 2.40. The molecule has 1 aromatic rings. The first-order valence-electron chi connectivity index (χ1n) is 5.24. The number of hydrogen-bond acceptors (Lipinski definition) is 3. The van der Waals surface area contributed by atoms with E-state index in [-0.39, 0.29) is 0 Å². The Morgan fingerprint density at radius 1 is 1.26 bits per heavy atom. The predicted octanol–water partition coefficient (Wildman–Crippen LogP) is 1.96. The van der Waals surface area contributed by atoms with Gasteiger partial charge in [0.05, 0.1) is 16.5 Å². The van der Waals surface area contributed by atoms with Crippen LogP contribution in [0.5, 0.6) is 0 Å². The van der Waals surface area contributed by atoms with Crippen LogP contribution in [0.15, 0.2) is 29.2 Å². The van der Waals surface area contributed by atoms with Gasteiger partial charge >= 0.3 is 6.18 Å². The van der Waals surface area contributed by atoms with Crippen molar-refractivity contribution in [1.29, 1.82) is 0 Å². The summed E-state index contributed by atoms with van der Waals surface area (Å²) < 4.78 is 63.8. The molecule has 1 unspecified atom stereocenters. The molecule has 0 radical (unpaired) electrons. The number of benzene rings is 1. The van der Waals surface area contributed by atoms with Crippen molar-refractivity contribution in [3.63, 3.8) is 0 Å². The first-order chi connectivity index (χ1) is 8.55. The third-order valence-electron chi connectivity index (χ3n) is 2.42. The van der Waals surface area contributed by atoms with Crippen LogP contribution in [0.4, 0.5) is 13.2 Å². The number of carbonyl (C=O) groups is 1. The Hall–Kier alpha value is -1.41. The zero-order chi connectivity index (χ0) is 14.8. The fourth-order valence-electron chi connectivity index (χ4n) is 1.31. The number of hydrogen-bond donors (Lipinski definition) is 1. The Kier molecular flexibility index (Phi) is 4.36. The van der Waals surface area contributed by atoms with E-state index in [1.807, 2.05) is 4.72 Å². The van der Waals surface area contributed by atoms with Gasteiger partial charge in [0.1, 0.15) is 5.78 Å². The molecule has 1 N–H and O–H groups in total. The molecule has 8 heteroatoms. The maximum absolute atomic E-state index is 12.7. The zero-order valence-corrected chi connectivity index (χ0v) is 11.0. The number of rotatable bonds is 4. The second-order valence-corrected chi connectivity index (χ2v) is 5.63. The summed E-state index contributed by atoms with van der Waals surface area (Å²) in [6, 6.07) is 2.70. The van der Waals surface area contributed by atoms with Gasteiger partial charge in [-0.1, -0.05) is 12.1 Å². The number of nitrogens with one attached hydrogen (secondary N) is 1. The monoisotopic (exact) mass is 295 g/mol. The van der Waals surface area contributed by atoms with E-state index in [4.69, 9.17) is 0 Å². The van der Waals surface area contributed by atoms with E-state index in [1.54, 1.807) is 0 Å². The van der Waals surface area contributed by atoms with Crippen LogP contribution in [0.2, 0.25) is 0 Å². The molecular weight excluding hydrogens is 283 g/mol. The van der Waals surface area contributed by atoms with Crippen molar-refractivity contribution in [2.45, 2.75) is 31.0 Å². The molecule has 0 heterocycles. The highest BCUT2D eigenvalue weighted by Crippen LogP contribution is 2.33. The molecule has 106 valence electrons. The third-order valence-corrected chi connectivity index (χ3v) is 4.02. The molecule has 0 bridgehead atoms.